The van der Waals surface area contributed by atoms with Gasteiger partial charge in [0.25, 0.3) is 0 Å². The van der Waals surface area contributed by atoms with Crippen LogP contribution in [0.2, 0.25) is 0 Å². The molecule has 0 aliphatic carbocycles. The minimum atomic E-state index is -0.336. The third-order valence-corrected chi connectivity index (χ3v) is 4.82. The predicted molar refractivity (Wildman–Crippen MR) is 77.1 cm³/mol. The zero-order valence-electron chi connectivity index (χ0n) is 12.7. The first kappa shape index (κ1) is 14.1. The minimum absolute atomic E-state index is 0.318. The molecule has 3 heterocycles. The van der Waals surface area contributed by atoms with E-state index in [1.54, 1.807) is 0 Å². The Balaban J connectivity index is 1.84. The van der Waals surface area contributed by atoms with Crippen molar-refractivity contribution in [3.05, 3.63) is 11.9 Å². The first-order valence-electron chi connectivity index (χ1n) is 7.38. The number of H-pyrrole nitrogens is 1. The average molecular weight is 278 g/mol. The number of aromatic amines is 1. The van der Waals surface area contributed by atoms with Crippen LogP contribution >= 0.6 is 0 Å². The molecular weight excluding hydrogens is 255 g/mol. The van der Waals surface area contributed by atoms with E-state index in [4.69, 9.17) is 14.0 Å². The number of ether oxygens (including phenoxy) is 1. The molecule has 0 unspecified atom stereocenters. The van der Waals surface area contributed by atoms with Crippen LogP contribution in [0.15, 0.2) is 6.20 Å². The number of nitrogens with zero attached hydrogens (tertiary/aromatic N) is 1. The highest BCUT2D eigenvalue weighted by Crippen LogP contribution is 2.37. The minimum Gasteiger partial charge on any atom is -0.399 e. The van der Waals surface area contributed by atoms with Crippen molar-refractivity contribution in [1.82, 2.24) is 10.2 Å². The zero-order valence-corrected chi connectivity index (χ0v) is 12.7. The normalized spacial score (nSPS) is 26.1. The monoisotopic (exact) mass is 278 g/mol. The van der Waals surface area contributed by atoms with Crippen LogP contribution in [0, 0.1) is 0 Å². The Morgan fingerprint density at radius 3 is 2.35 bits per heavy atom. The maximum atomic E-state index is 6.13. The predicted octanol–water partition coefficient (Wildman–Crippen LogP) is 1.60. The van der Waals surface area contributed by atoms with Crippen molar-refractivity contribution in [3.8, 4) is 0 Å². The molecule has 5 nitrogen and oxygen atoms in total. The lowest BCUT2D eigenvalue weighted by molar-refractivity contribution is 0.00578. The maximum absolute atomic E-state index is 6.13. The topological polar surface area (TPSA) is 56.4 Å². The molecule has 1 aromatic heterocycles. The number of nitrogens with one attached hydrogen (secondary N) is 1. The summed E-state index contributed by atoms with van der Waals surface area (Å²) in [7, 11) is -0.336. The van der Waals surface area contributed by atoms with E-state index in [0.29, 0.717) is 5.92 Å². The van der Waals surface area contributed by atoms with Gasteiger partial charge in [-0.15, -0.1) is 0 Å². The molecule has 0 aromatic carbocycles. The van der Waals surface area contributed by atoms with Crippen LogP contribution in [-0.2, 0) is 14.0 Å². The van der Waals surface area contributed by atoms with Crippen molar-refractivity contribution in [3.63, 3.8) is 0 Å². The van der Waals surface area contributed by atoms with Crippen molar-refractivity contribution in [2.24, 2.45) is 0 Å². The van der Waals surface area contributed by atoms with Crippen LogP contribution in [0.3, 0.4) is 0 Å². The molecule has 0 saturated carbocycles. The van der Waals surface area contributed by atoms with Gasteiger partial charge in [-0.2, -0.15) is 5.10 Å². The summed E-state index contributed by atoms with van der Waals surface area (Å²) in [6, 6.07) is 0. The van der Waals surface area contributed by atoms with Gasteiger partial charge < -0.3 is 14.0 Å². The van der Waals surface area contributed by atoms with Gasteiger partial charge in [-0.3, -0.25) is 5.10 Å². The standard InChI is InChI=1S/C14H23BN2O3/c1-13(2)14(3,4)20-15(19-13)11-9-16-17-12(11)10-5-7-18-8-6-10/h9-10H,5-8H2,1-4H3,(H,16,17). The van der Waals surface area contributed by atoms with E-state index >= 15 is 0 Å². The first-order valence-corrected chi connectivity index (χ1v) is 7.38. The quantitative estimate of drug-likeness (QED) is 0.835. The number of hydrogen-bond acceptors (Lipinski definition) is 4. The summed E-state index contributed by atoms with van der Waals surface area (Å²) in [6.45, 7) is 9.89. The highest BCUT2D eigenvalue weighted by molar-refractivity contribution is 6.62. The smallest absolute Gasteiger partial charge is 0.399 e. The number of aromatic nitrogens is 2. The van der Waals surface area contributed by atoms with E-state index in [-0.39, 0.29) is 18.3 Å². The summed E-state index contributed by atoms with van der Waals surface area (Å²) in [6.07, 6.45) is 3.93. The molecule has 0 amide bonds. The highest BCUT2D eigenvalue weighted by atomic mass is 16.7. The molecular formula is C14H23BN2O3. The van der Waals surface area contributed by atoms with Crippen molar-refractivity contribution in [2.75, 3.05) is 13.2 Å². The summed E-state index contributed by atoms with van der Waals surface area (Å²) < 4.78 is 17.7. The van der Waals surface area contributed by atoms with Gasteiger partial charge in [-0.05, 0) is 40.5 Å². The average Bonchev–Trinajstić information content (AvgIpc) is 2.94. The molecule has 2 aliphatic rings. The van der Waals surface area contributed by atoms with Crippen LogP contribution < -0.4 is 5.46 Å². The van der Waals surface area contributed by atoms with Gasteiger partial charge in [0.2, 0.25) is 0 Å². The molecule has 110 valence electrons. The Bertz CT molecular complexity index is 465. The van der Waals surface area contributed by atoms with Crippen molar-refractivity contribution < 1.29 is 14.0 Å². The zero-order chi connectivity index (χ0) is 14.4. The molecule has 0 bridgehead atoms. The van der Waals surface area contributed by atoms with Gasteiger partial charge in [0.15, 0.2) is 0 Å². The van der Waals surface area contributed by atoms with Crippen LogP contribution in [-0.4, -0.2) is 41.7 Å². The number of rotatable bonds is 2. The van der Waals surface area contributed by atoms with Gasteiger partial charge in [0.1, 0.15) is 0 Å². The fourth-order valence-corrected chi connectivity index (χ4v) is 2.77. The molecule has 1 N–H and O–H groups in total. The fraction of sp³-hybridized carbons (Fsp3) is 0.786. The van der Waals surface area contributed by atoms with Crippen LogP contribution in [0.4, 0.5) is 0 Å². The molecule has 20 heavy (non-hydrogen) atoms. The molecule has 0 spiro atoms. The lowest BCUT2D eigenvalue weighted by Crippen LogP contribution is -2.41. The van der Waals surface area contributed by atoms with Crippen LogP contribution in [0.5, 0.6) is 0 Å². The molecule has 2 saturated heterocycles. The van der Waals surface area contributed by atoms with E-state index in [9.17, 15) is 0 Å². The fourth-order valence-electron chi connectivity index (χ4n) is 2.77. The molecule has 2 fully saturated rings. The van der Waals surface area contributed by atoms with Crippen molar-refractivity contribution in [2.45, 2.75) is 57.7 Å². The molecule has 0 radical (unpaired) electrons. The van der Waals surface area contributed by atoms with Crippen molar-refractivity contribution >= 4 is 12.6 Å². The Morgan fingerprint density at radius 1 is 1.15 bits per heavy atom. The number of hydrogen-bond donors (Lipinski definition) is 1. The second kappa shape index (κ2) is 4.86. The van der Waals surface area contributed by atoms with Gasteiger partial charge in [0, 0.05) is 30.8 Å². The van der Waals surface area contributed by atoms with E-state index < -0.39 is 0 Å². The Hall–Kier alpha value is -0.845. The van der Waals surface area contributed by atoms with E-state index in [1.165, 1.54) is 0 Å². The SMILES string of the molecule is CC1(C)OB(c2c[nH]nc2C2CCOCC2)OC1(C)C. The maximum Gasteiger partial charge on any atom is 0.498 e. The largest absolute Gasteiger partial charge is 0.498 e. The van der Waals surface area contributed by atoms with E-state index in [0.717, 1.165) is 37.2 Å². The van der Waals surface area contributed by atoms with Gasteiger partial charge in [-0.25, -0.2) is 0 Å². The second-order valence-electron chi connectivity index (χ2n) is 6.70. The first-order chi connectivity index (χ1) is 9.41. The second-order valence-corrected chi connectivity index (χ2v) is 6.70. The summed E-state index contributed by atoms with van der Waals surface area (Å²) in [4.78, 5) is 0. The lowest BCUT2D eigenvalue weighted by Gasteiger charge is -2.32. The van der Waals surface area contributed by atoms with E-state index in [2.05, 4.69) is 37.9 Å². The lowest BCUT2D eigenvalue weighted by atomic mass is 9.75. The van der Waals surface area contributed by atoms with Crippen molar-refractivity contribution in [1.29, 1.82) is 0 Å². The third kappa shape index (κ3) is 2.30. The Labute approximate surface area is 120 Å². The molecule has 2 aliphatic heterocycles. The van der Waals surface area contributed by atoms with Gasteiger partial charge >= 0.3 is 7.12 Å². The summed E-state index contributed by atoms with van der Waals surface area (Å²) >= 11 is 0. The van der Waals surface area contributed by atoms with Gasteiger partial charge in [-0.1, -0.05) is 0 Å². The summed E-state index contributed by atoms with van der Waals surface area (Å²) in [5.41, 5.74) is 1.48. The Kier molecular flexibility index (Phi) is 3.43. The summed E-state index contributed by atoms with van der Waals surface area (Å²) in [5.74, 6) is 0.434. The molecule has 1 aromatic rings. The third-order valence-electron chi connectivity index (χ3n) is 4.82. The van der Waals surface area contributed by atoms with Crippen LogP contribution in [0.1, 0.15) is 52.1 Å². The highest BCUT2D eigenvalue weighted by Gasteiger charge is 2.52. The Morgan fingerprint density at radius 2 is 1.75 bits per heavy atom. The summed E-state index contributed by atoms with van der Waals surface area (Å²) in [5, 5.41) is 7.42. The molecule has 6 heteroatoms. The molecule has 0 atom stereocenters. The van der Waals surface area contributed by atoms with E-state index in [1.807, 2.05) is 6.20 Å². The van der Waals surface area contributed by atoms with Crippen LogP contribution in [0.25, 0.3) is 0 Å². The molecule has 3 rings (SSSR count). The van der Waals surface area contributed by atoms with Gasteiger partial charge in [0.05, 0.1) is 16.9 Å².